The van der Waals surface area contributed by atoms with Crippen LogP contribution in [0.1, 0.15) is 32.1 Å². The van der Waals surface area contributed by atoms with Gasteiger partial charge in [0.2, 0.25) is 5.91 Å². The third kappa shape index (κ3) is 5.74. The van der Waals surface area contributed by atoms with Crippen molar-refractivity contribution in [1.82, 2.24) is 0 Å². The molecule has 1 heterocycles. The summed E-state index contributed by atoms with van der Waals surface area (Å²) in [5.74, 6) is -0.166. The predicted molar refractivity (Wildman–Crippen MR) is 56.8 cm³/mol. The maximum Gasteiger partial charge on any atom is 0.217 e. The molecule has 1 aliphatic rings. The first-order valence-electron chi connectivity index (χ1n) is 5.53. The Labute approximate surface area is 91.1 Å². The lowest BCUT2D eigenvalue weighted by atomic mass is 10.1. The molecule has 1 radical (unpaired) electrons. The van der Waals surface area contributed by atoms with Gasteiger partial charge in [0, 0.05) is 13.0 Å². The summed E-state index contributed by atoms with van der Waals surface area (Å²) >= 11 is 0. The molecule has 0 aromatic rings. The molecule has 1 saturated heterocycles. The van der Waals surface area contributed by atoms with Crippen LogP contribution in [0, 0.1) is 12.8 Å². The van der Waals surface area contributed by atoms with Crippen molar-refractivity contribution in [2.24, 2.45) is 11.7 Å². The van der Waals surface area contributed by atoms with Crippen molar-refractivity contribution in [2.75, 3.05) is 13.2 Å². The Morgan fingerprint density at radius 1 is 1.60 bits per heavy atom. The first-order chi connectivity index (χ1) is 7.18. The number of rotatable bonds is 6. The van der Waals surface area contributed by atoms with Crippen LogP contribution in [-0.4, -0.2) is 25.4 Å². The summed E-state index contributed by atoms with van der Waals surface area (Å²) in [7, 11) is 0. The summed E-state index contributed by atoms with van der Waals surface area (Å²) in [6.07, 6.45) is 4.23. The van der Waals surface area contributed by atoms with Crippen molar-refractivity contribution in [3.8, 4) is 0 Å². The predicted octanol–water partition coefficient (Wildman–Crippen LogP) is 1.25. The maximum atomic E-state index is 10.5. The van der Waals surface area contributed by atoms with E-state index in [4.69, 9.17) is 15.2 Å². The molecule has 1 fully saturated rings. The van der Waals surface area contributed by atoms with Gasteiger partial charge in [0.05, 0.1) is 6.61 Å². The van der Waals surface area contributed by atoms with E-state index in [2.05, 4.69) is 6.92 Å². The molecule has 1 rings (SSSR count). The Morgan fingerprint density at radius 3 is 3.00 bits per heavy atom. The first kappa shape index (κ1) is 12.5. The van der Waals surface area contributed by atoms with Gasteiger partial charge in [0.25, 0.3) is 0 Å². The van der Waals surface area contributed by atoms with Crippen LogP contribution in [-0.2, 0) is 14.3 Å². The van der Waals surface area contributed by atoms with Gasteiger partial charge in [-0.1, -0.05) is 0 Å². The van der Waals surface area contributed by atoms with Crippen LogP contribution in [0.2, 0.25) is 0 Å². The van der Waals surface area contributed by atoms with Crippen molar-refractivity contribution < 1.29 is 14.3 Å². The van der Waals surface area contributed by atoms with Gasteiger partial charge in [-0.05, 0) is 38.5 Å². The highest BCUT2D eigenvalue weighted by Gasteiger charge is 2.15. The van der Waals surface area contributed by atoms with Gasteiger partial charge in [-0.2, -0.15) is 0 Å². The van der Waals surface area contributed by atoms with Crippen LogP contribution < -0.4 is 5.73 Å². The number of hydrogen-bond acceptors (Lipinski definition) is 3. The number of amides is 1. The number of primary amides is 1. The van der Waals surface area contributed by atoms with Gasteiger partial charge in [0.15, 0.2) is 6.29 Å². The summed E-state index contributed by atoms with van der Waals surface area (Å²) in [4.78, 5) is 10.5. The molecule has 2 unspecified atom stereocenters. The molecular formula is C11H20NO3. The molecule has 4 heteroatoms. The van der Waals surface area contributed by atoms with E-state index >= 15 is 0 Å². The van der Waals surface area contributed by atoms with Crippen molar-refractivity contribution >= 4 is 5.91 Å². The molecular weight excluding hydrogens is 194 g/mol. The van der Waals surface area contributed by atoms with E-state index < -0.39 is 0 Å². The minimum Gasteiger partial charge on any atom is -0.370 e. The van der Waals surface area contributed by atoms with Gasteiger partial charge in [-0.3, -0.25) is 4.79 Å². The van der Waals surface area contributed by atoms with Gasteiger partial charge in [-0.25, -0.2) is 0 Å². The summed E-state index contributed by atoms with van der Waals surface area (Å²) in [6.45, 7) is 5.23. The lowest BCUT2D eigenvalue weighted by molar-refractivity contribution is -0.167. The molecule has 1 amide bonds. The average molecular weight is 214 g/mol. The Bertz CT molecular complexity index is 190. The van der Waals surface area contributed by atoms with Crippen molar-refractivity contribution in [3.05, 3.63) is 6.92 Å². The van der Waals surface area contributed by atoms with Gasteiger partial charge in [-0.15, -0.1) is 0 Å². The lowest BCUT2D eigenvalue weighted by Crippen LogP contribution is -2.25. The number of hydrogen-bond donors (Lipinski definition) is 1. The van der Waals surface area contributed by atoms with Crippen molar-refractivity contribution in [2.45, 2.75) is 38.4 Å². The summed E-state index contributed by atoms with van der Waals surface area (Å²) in [5.41, 5.74) is 5.05. The zero-order valence-electron chi connectivity index (χ0n) is 9.11. The largest absolute Gasteiger partial charge is 0.370 e. The second kappa shape index (κ2) is 6.80. The minimum atomic E-state index is -0.280. The Morgan fingerprint density at radius 2 is 2.40 bits per heavy atom. The second-order valence-corrected chi connectivity index (χ2v) is 4.00. The monoisotopic (exact) mass is 214 g/mol. The normalized spacial score (nSPS) is 23.7. The van der Waals surface area contributed by atoms with Crippen LogP contribution in [0.15, 0.2) is 0 Å². The molecule has 15 heavy (non-hydrogen) atoms. The molecule has 0 aromatic carbocycles. The van der Waals surface area contributed by atoms with Gasteiger partial charge < -0.3 is 15.2 Å². The average Bonchev–Trinajstić information content (AvgIpc) is 2.25. The molecule has 2 N–H and O–H groups in total. The highest BCUT2D eigenvalue weighted by molar-refractivity contribution is 5.73. The van der Waals surface area contributed by atoms with Crippen molar-refractivity contribution in [3.63, 3.8) is 0 Å². The summed E-state index contributed by atoms with van der Waals surface area (Å²) < 4.78 is 11.0. The number of ether oxygens (including phenoxy) is 2. The van der Waals surface area contributed by atoms with Crippen LogP contribution >= 0.6 is 0 Å². The fraction of sp³-hybridized carbons (Fsp3) is 0.818. The van der Waals surface area contributed by atoms with Crippen LogP contribution in [0.4, 0.5) is 0 Å². The zero-order chi connectivity index (χ0) is 11.1. The van der Waals surface area contributed by atoms with Crippen molar-refractivity contribution in [1.29, 1.82) is 0 Å². The molecule has 0 aromatic heterocycles. The SMILES string of the molecule is [CH2]C(CCC(N)=O)COC1CCCCO1. The van der Waals surface area contributed by atoms with E-state index in [0.717, 1.165) is 25.9 Å². The molecule has 0 bridgehead atoms. The number of nitrogens with two attached hydrogens (primary N) is 1. The molecule has 0 saturated carbocycles. The van der Waals surface area contributed by atoms with E-state index in [1.165, 1.54) is 0 Å². The number of carbonyl (C=O) groups excluding carboxylic acids is 1. The Hall–Kier alpha value is -0.610. The minimum absolute atomic E-state index is 0.0726. The molecule has 0 spiro atoms. The van der Waals surface area contributed by atoms with Crippen LogP contribution in [0.3, 0.4) is 0 Å². The number of carbonyl (C=O) groups is 1. The topological polar surface area (TPSA) is 61.6 Å². The zero-order valence-corrected chi connectivity index (χ0v) is 9.11. The van der Waals surface area contributed by atoms with E-state index in [-0.39, 0.29) is 18.1 Å². The summed E-state index contributed by atoms with van der Waals surface area (Å²) in [5, 5.41) is 0. The van der Waals surface area contributed by atoms with E-state index in [0.29, 0.717) is 19.4 Å². The fourth-order valence-corrected chi connectivity index (χ4v) is 1.52. The third-order valence-electron chi connectivity index (χ3n) is 2.45. The third-order valence-corrected chi connectivity index (χ3v) is 2.45. The van der Waals surface area contributed by atoms with E-state index in [1.807, 2.05) is 0 Å². The van der Waals surface area contributed by atoms with Gasteiger partial charge in [0.1, 0.15) is 0 Å². The van der Waals surface area contributed by atoms with E-state index in [1.54, 1.807) is 0 Å². The molecule has 1 aliphatic heterocycles. The molecule has 0 aliphatic carbocycles. The highest BCUT2D eigenvalue weighted by atomic mass is 16.7. The lowest BCUT2D eigenvalue weighted by Gasteiger charge is -2.24. The molecule has 4 nitrogen and oxygen atoms in total. The second-order valence-electron chi connectivity index (χ2n) is 4.00. The van der Waals surface area contributed by atoms with E-state index in [9.17, 15) is 4.79 Å². The Balaban J connectivity index is 2.04. The Kier molecular flexibility index (Phi) is 5.65. The van der Waals surface area contributed by atoms with Crippen LogP contribution in [0.25, 0.3) is 0 Å². The maximum absolute atomic E-state index is 10.5. The first-order valence-corrected chi connectivity index (χ1v) is 5.53. The summed E-state index contributed by atoms with van der Waals surface area (Å²) in [6, 6.07) is 0. The highest BCUT2D eigenvalue weighted by Crippen LogP contribution is 2.15. The van der Waals surface area contributed by atoms with Crippen LogP contribution in [0.5, 0.6) is 0 Å². The molecule has 87 valence electrons. The smallest absolute Gasteiger partial charge is 0.217 e. The quantitative estimate of drug-likeness (QED) is 0.723. The van der Waals surface area contributed by atoms with Gasteiger partial charge >= 0.3 is 0 Å². The standard InChI is InChI=1S/C11H20NO3/c1-9(5-6-10(12)13)8-15-11-4-2-3-7-14-11/h9,11H,1-8H2,(H2,12,13). The fourth-order valence-electron chi connectivity index (χ4n) is 1.52. The molecule has 2 atom stereocenters.